The minimum atomic E-state index is -0.165. The summed E-state index contributed by atoms with van der Waals surface area (Å²) in [4.78, 5) is 12.5. The average Bonchev–Trinajstić information content (AvgIpc) is 2.99. The number of benzene rings is 2. The number of amides is 1. The molecule has 1 fully saturated rings. The summed E-state index contributed by atoms with van der Waals surface area (Å²) in [6.07, 6.45) is 2.57. The van der Waals surface area contributed by atoms with E-state index in [0.29, 0.717) is 28.4 Å². The second kappa shape index (κ2) is 9.94. The third-order valence-electron chi connectivity index (χ3n) is 4.44. The Balaban J connectivity index is 1.56. The Labute approximate surface area is 181 Å². The van der Waals surface area contributed by atoms with Crippen LogP contribution in [0, 0.1) is 6.92 Å². The highest BCUT2D eigenvalue weighted by atomic mass is 32.2. The number of hydrogen-bond donors (Lipinski definition) is 1. The molecule has 4 nitrogen and oxygen atoms in total. The maximum atomic E-state index is 11.9. The van der Waals surface area contributed by atoms with Gasteiger partial charge in [-0.3, -0.25) is 4.79 Å². The summed E-state index contributed by atoms with van der Waals surface area (Å²) in [5.74, 6) is 1.94. The van der Waals surface area contributed by atoms with Gasteiger partial charge >= 0.3 is 0 Å². The van der Waals surface area contributed by atoms with Gasteiger partial charge in [-0.25, -0.2) is 0 Å². The second-order valence-corrected chi connectivity index (χ2v) is 8.86. The van der Waals surface area contributed by atoms with Crippen LogP contribution in [0.5, 0.6) is 11.5 Å². The number of hydrogen-bond acceptors (Lipinski definition) is 5. The number of thiocarbonyl (C=S) groups is 1. The number of nitrogens with one attached hydrogen (secondary N) is 1. The smallest absolute Gasteiger partial charge is 0.263 e. The zero-order valence-electron chi connectivity index (χ0n) is 16.9. The monoisotopic (exact) mass is 427 g/mol. The molecule has 2 aromatic carbocycles. The van der Waals surface area contributed by atoms with Crippen molar-refractivity contribution in [3.05, 3.63) is 64.1 Å². The van der Waals surface area contributed by atoms with Crippen LogP contribution in [-0.4, -0.2) is 23.4 Å². The number of carbonyl (C=O) groups excluding carboxylic acids is 1. The molecule has 1 aliphatic rings. The first-order valence-corrected chi connectivity index (χ1v) is 10.9. The summed E-state index contributed by atoms with van der Waals surface area (Å²) in [5.41, 5.74) is 3.27. The molecule has 0 aliphatic carbocycles. The average molecular weight is 428 g/mol. The van der Waals surface area contributed by atoms with Gasteiger partial charge < -0.3 is 14.8 Å². The van der Waals surface area contributed by atoms with Crippen LogP contribution in [0.15, 0.2) is 47.4 Å². The topological polar surface area (TPSA) is 47.6 Å². The van der Waals surface area contributed by atoms with Crippen LogP contribution in [0.1, 0.15) is 42.9 Å². The fourth-order valence-electron chi connectivity index (χ4n) is 2.96. The standard InChI is InChI=1S/C23H25NO3S2/c1-15(2)18-10-9-16(3)13-20(18)27-12-6-11-26-19-8-5-4-7-17(19)14-21-22(25)24-23(28)29-21/h4-5,7-10,13-15H,6,11-12H2,1-3H3,(H,24,25,28)/b21-14+. The summed E-state index contributed by atoms with van der Waals surface area (Å²) in [5, 5.41) is 2.63. The molecule has 0 aromatic heterocycles. The molecule has 0 radical (unpaired) electrons. The first kappa shape index (κ1) is 21.4. The van der Waals surface area contributed by atoms with Crippen LogP contribution >= 0.6 is 24.0 Å². The van der Waals surface area contributed by atoms with Crippen molar-refractivity contribution in [1.29, 1.82) is 0 Å². The zero-order valence-corrected chi connectivity index (χ0v) is 18.5. The predicted octanol–water partition coefficient (Wildman–Crippen LogP) is 5.46. The van der Waals surface area contributed by atoms with Crippen molar-refractivity contribution in [2.24, 2.45) is 0 Å². The number of para-hydroxylation sites is 1. The van der Waals surface area contributed by atoms with Crippen molar-refractivity contribution in [3.8, 4) is 11.5 Å². The Morgan fingerprint density at radius 2 is 1.83 bits per heavy atom. The third kappa shape index (κ3) is 5.84. The molecule has 1 N–H and O–H groups in total. The van der Waals surface area contributed by atoms with Gasteiger partial charge in [0.1, 0.15) is 15.8 Å². The Hall–Kier alpha value is -2.31. The van der Waals surface area contributed by atoms with Gasteiger partial charge in [0.25, 0.3) is 5.91 Å². The van der Waals surface area contributed by atoms with Crippen molar-refractivity contribution >= 4 is 40.3 Å². The normalized spacial score (nSPS) is 15.1. The third-order valence-corrected chi connectivity index (χ3v) is 5.61. The summed E-state index contributed by atoms with van der Waals surface area (Å²) in [6, 6.07) is 14.0. The van der Waals surface area contributed by atoms with Gasteiger partial charge in [0.05, 0.1) is 18.1 Å². The van der Waals surface area contributed by atoms with Gasteiger partial charge in [-0.05, 0) is 42.2 Å². The van der Waals surface area contributed by atoms with E-state index in [4.69, 9.17) is 21.7 Å². The minimum absolute atomic E-state index is 0.165. The minimum Gasteiger partial charge on any atom is -0.493 e. The van der Waals surface area contributed by atoms with Crippen molar-refractivity contribution in [2.75, 3.05) is 13.2 Å². The van der Waals surface area contributed by atoms with E-state index < -0.39 is 0 Å². The highest BCUT2D eigenvalue weighted by Gasteiger charge is 2.22. The maximum Gasteiger partial charge on any atom is 0.263 e. The molecule has 3 rings (SSSR count). The molecule has 1 saturated heterocycles. The molecule has 0 spiro atoms. The van der Waals surface area contributed by atoms with Crippen LogP contribution in [-0.2, 0) is 4.79 Å². The van der Waals surface area contributed by atoms with Gasteiger partial charge in [0.15, 0.2) is 0 Å². The molecule has 2 aromatic rings. The van der Waals surface area contributed by atoms with E-state index >= 15 is 0 Å². The fourth-order valence-corrected chi connectivity index (χ4v) is 4.00. The molecule has 6 heteroatoms. The summed E-state index contributed by atoms with van der Waals surface area (Å²) >= 11 is 6.31. The molecule has 0 atom stereocenters. The van der Waals surface area contributed by atoms with E-state index in [2.05, 4.69) is 44.3 Å². The summed E-state index contributed by atoms with van der Waals surface area (Å²) in [6.45, 7) is 7.52. The lowest BCUT2D eigenvalue weighted by Gasteiger charge is -2.15. The molecular weight excluding hydrogens is 402 g/mol. The van der Waals surface area contributed by atoms with Crippen LogP contribution in [0.4, 0.5) is 0 Å². The molecule has 0 saturated carbocycles. The molecule has 0 bridgehead atoms. The van der Waals surface area contributed by atoms with Crippen molar-refractivity contribution in [2.45, 2.75) is 33.1 Å². The first-order chi connectivity index (χ1) is 13.9. The molecular formula is C23H25NO3S2. The van der Waals surface area contributed by atoms with E-state index in [1.807, 2.05) is 30.3 Å². The Bertz CT molecular complexity index is 937. The number of aryl methyl sites for hydroxylation is 1. The Morgan fingerprint density at radius 1 is 1.10 bits per heavy atom. The lowest BCUT2D eigenvalue weighted by molar-refractivity contribution is -0.115. The van der Waals surface area contributed by atoms with E-state index in [1.54, 1.807) is 0 Å². The summed E-state index contributed by atoms with van der Waals surface area (Å²) in [7, 11) is 0. The van der Waals surface area contributed by atoms with E-state index in [9.17, 15) is 4.79 Å². The number of carbonyl (C=O) groups is 1. The molecule has 152 valence electrons. The molecule has 1 heterocycles. The second-order valence-electron chi connectivity index (χ2n) is 7.14. The van der Waals surface area contributed by atoms with Crippen LogP contribution in [0.25, 0.3) is 6.08 Å². The highest BCUT2D eigenvalue weighted by Crippen LogP contribution is 2.30. The lowest BCUT2D eigenvalue weighted by atomic mass is 10.0. The Kier molecular flexibility index (Phi) is 7.34. The number of ether oxygens (including phenoxy) is 2. The fraction of sp³-hybridized carbons (Fsp3) is 0.304. The van der Waals surface area contributed by atoms with Crippen LogP contribution in [0.3, 0.4) is 0 Å². The van der Waals surface area contributed by atoms with Gasteiger partial charge in [0.2, 0.25) is 0 Å². The summed E-state index contributed by atoms with van der Waals surface area (Å²) < 4.78 is 12.4. The molecule has 0 unspecified atom stereocenters. The highest BCUT2D eigenvalue weighted by molar-refractivity contribution is 8.26. The van der Waals surface area contributed by atoms with Crippen LogP contribution in [0.2, 0.25) is 0 Å². The molecule has 29 heavy (non-hydrogen) atoms. The van der Waals surface area contributed by atoms with Crippen molar-refractivity contribution < 1.29 is 14.3 Å². The quantitative estimate of drug-likeness (QED) is 0.345. The van der Waals surface area contributed by atoms with Gasteiger partial charge in [0, 0.05) is 12.0 Å². The van der Waals surface area contributed by atoms with Crippen LogP contribution < -0.4 is 14.8 Å². The maximum absolute atomic E-state index is 11.9. The largest absolute Gasteiger partial charge is 0.493 e. The van der Waals surface area contributed by atoms with Gasteiger partial charge in [-0.2, -0.15) is 0 Å². The van der Waals surface area contributed by atoms with Gasteiger partial charge in [-0.1, -0.05) is 68.2 Å². The molecule has 1 aliphatic heterocycles. The lowest BCUT2D eigenvalue weighted by Crippen LogP contribution is -2.17. The predicted molar refractivity (Wildman–Crippen MR) is 124 cm³/mol. The van der Waals surface area contributed by atoms with Crippen molar-refractivity contribution in [3.63, 3.8) is 0 Å². The molecule has 1 amide bonds. The van der Waals surface area contributed by atoms with Gasteiger partial charge in [-0.15, -0.1) is 0 Å². The first-order valence-electron chi connectivity index (χ1n) is 9.64. The number of thioether (sulfide) groups is 1. The zero-order chi connectivity index (χ0) is 20.8. The number of rotatable bonds is 8. The van der Waals surface area contributed by atoms with Crippen molar-refractivity contribution in [1.82, 2.24) is 5.32 Å². The SMILES string of the molecule is Cc1ccc(C(C)C)c(OCCCOc2ccccc2/C=C2/SC(=S)NC2=O)c1. The Morgan fingerprint density at radius 3 is 2.52 bits per heavy atom. The van der Waals surface area contributed by atoms with E-state index in [-0.39, 0.29) is 5.91 Å². The van der Waals surface area contributed by atoms with E-state index in [1.165, 1.54) is 22.9 Å². The van der Waals surface area contributed by atoms with E-state index in [0.717, 1.165) is 23.5 Å².